The maximum atomic E-state index is 5.10. The molecule has 0 rings (SSSR count). The summed E-state index contributed by atoms with van der Waals surface area (Å²) in [4.78, 5) is 0. The zero-order valence-electron chi connectivity index (χ0n) is 8.37. The van der Waals surface area contributed by atoms with Gasteiger partial charge in [-0.15, -0.1) is 0 Å². The van der Waals surface area contributed by atoms with Gasteiger partial charge < -0.3 is 10.2 Å². The van der Waals surface area contributed by atoms with Crippen LogP contribution in [0.1, 0.15) is 6.92 Å². The van der Waals surface area contributed by atoms with E-state index in [9.17, 15) is 0 Å². The van der Waals surface area contributed by atoms with Gasteiger partial charge in [-0.3, -0.25) is 0 Å². The molecule has 1 N–H and O–H groups in total. The Morgan fingerprint density at radius 2 is 2.23 bits per heavy atom. The topological polar surface area (TPSA) is 33.6 Å². The summed E-state index contributed by atoms with van der Waals surface area (Å²) < 4.78 is 5.10. The van der Waals surface area contributed by atoms with Gasteiger partial charge in [0, 0.05) is 12.6 Å². The lowest BCUT2D eigenvalue weighted by atomic mass is 10.2. The van der Waals surface area contributed by atoms with Crippen molar-refractivity contribution in [3.05, 3.63) is 36.1 Å². The lowest BCUT2D eigenvalue weighted by molar-refractivity contribution is 0.304. The SMILES string of the molecule is C=C(/C=N/NC)/C(=C\C=C/C)OC. The maximum absolute atomic E-state index is 5.10. The first kappa shape index (κ1) is 11.5. The smallest absolute Gasteiger partial charge is 0.127 e. The van der Waals surface area contributed by atoms with Crippen molar-refractivity contribution in [1.29, 1.82) is 0 Å². The highest BCUT2D eigenvalue weighted by molar-refractivity contribution is 5.82. The van der Waals surface area contributed by atoms with E-state index in [0.29, 0.717) is 5.76 Å². The molecule has 0 aromatic carbocycles. The second-order valence-electron chi connectivity index (χ2n) is 2.27. The van der Waals surface area contributed by atoms with E-state index in [1.165, 1.54) is 0 Å². The van der Waals surface area contributed by atoms with Crippen molar-refractivity contribution >= 4 is 6.21 Å². The average Bonchev–Trinajstić information content (AvgIpc) is 2.16. The molecule has 0 atom stereocenters. The van der Waals surface area contributed by atoms with E-state index in [1.807, 2.05) is 25.2 Å². The predicted molar refractivity (Wildman–Crippen MR) is 56.6 cm³/mol. The molecule has 0 saturated heterocycles. The highest BCUT2D eigenvalue weighted by Gasteiger charge is 1.96. The van der Waals surface area contributed by atoms with Crippen LogP contribution < -0.4 is 5.43 Å². The molecule has 0 heterocycles. The standard InChI is InChI=1S/C10H16N2O/c1-5-6-7-10(13-4)9(2)8-12-11-3/h5-8,11H,2H2,1,3-4H3/b6-5-,10-7+,12-8+. The third-order valence-electron chi connectivity index (χ3n) is 1.33. The molecule has 0 aromatic rings. The lowest BCUT2D eigenvalue weighted by Crippen LogP contribution is -1.98. The summed E-state index contributed by atoms with van der Waals surface area (Å²) in [7, 11) is 3.33. The van der Waals surface area contributed by atoms with E-state index in [-0.39, 0.29) is 0 Å². The largest absolute Gasteiger partial charge is 0.496 e. The van der Waals surface area contributed by atoms with Gasteiger partial charge in [0.15, 0.2) is 0 Å². The summed E-state index contributed by atoms with van der Waals surface area (Å²) in [6.07, 6.45) is 7.25. The molecular weight excluding hydrogens is 164 g/mol. The second-order valence-corrected chi connectivity index (χ2v) is 2.27. The molecule has 0 amide bonds. The fraction of sp³-hybridized carbons (Fsp3) is 0.300. The Labute approximate surface area is 79.5 Å². The van der Waals surface area contributed by atoms with Gasteiger partial charge in [0.25, 0.3) is 0 Å². The minimum Gasteiger partial charge on any atom is -0.496 e. The van der Waals surface area contributed by atoms with Crippen LogP contribution in [0.3, 0.4) is 0 Å². The van der Waals surface area contributed by atoms with E-state index < -0.39 is 0 Å². The summed E-state index contributed by atoms with van der Waals surface area (Å²) in [5.41, 5.74) is 3.37. The molecule has 0 bridgehead atoms. The summed E-state index contributed by atoms with van der Waals surface area (Å²) in [5.74, 6) is 0.706. The highest BCUT2D eigenvalue weighted by Crippen LogP contribution is 2.05. The van der Waals surface area contributed by atoms with Crippen LogP contribution >= 0.6 is 0 Å². The molecule has 0 aliphatic rings. The van der Waals surface area contributed by atoms with Crippen molar-refractivity contribution in [3.63, 3.8) is 0 Å². The van der Waals surface area contributed by atoms with Crippen LogP contribution in [0.4, 0.5) is 0 Å². The molecule has 0 unspecified atom stereocenters. The first-order valence-electron chi connectivity index (χ1n) is 4.02. The minimum absolute atomic E-state index is 0.706. The monoisotopic (exact) mass is 180 g/mol. The van der Waals surface area contributed by atoms with Crippen molar-refractivity contribution in [3.8, 4) is 0 Å². The van der Waals surface area contributed by atoms with Gasteiger partial charge in [-0.05, 0) is 13.0 Å². The van der Waals surface area contributed by atoms with Crippen LogP contribution in [0.5, 0.6) is 0 Å². The van der Waals surface area contributed by atoms with Gasteiger partial charge in [0.2, 0.25) is 0 Å². The summed E-state index contributed by atoms with van der Waals surface area (Å²) in [6, 6.07) is 0. The molecule has 0 aliphatic heterocycles. The summed E-state index contributed by atoms with van der Waals surface area (Å²) in [6.45, 7) is 5.74. The van der Waals surface area contributed by atoms with Crippen LogP contribution in [0, 0.1) is 0 Å². The Morgan fingerprint density at radius 3 is 2.69 bits per heavy atom. The van der Waals surface area contributed by atoms with E-state index >= 15 is 0 Å². The highest BCUT2D eigenvalue weighted by atomic mass is 16.5. The van der Waals surface area contributed by atoms with Gasteiger partial charge in [-0.25, -0.2) is 0 Å². The number of nitrogens with zero attached hydrogens (tertiary/aromatic N) is 1. The molecule has 0 saturated carbocycles. The number of ether oxygens (including phenoxy) is 1. The predicted octanol–water partition coefficient (Wildman–Crippen LogP) is 1.85. The van der Waals surface area contributed by atoms with Crippen LogP contribution in [0.15, 0.2) is 41.2 Å². The first-order valence-corrected chi connectivity index (χ1v) is 4.02. The molecule has 3 heteroatoms. The van der Waals surface area contributed by atoms with Crippen LogP contribution in [0.25, 0.3) is 0 Å². The van der Waals surface area contributed by atoms with Crippen LogP contribution in [0.2, 0.25) is 0 Å². The molecule has 0 spiro atoms. The Balaban J connectivity index is 4.40. The number of hydrogen-bond donors (Lipinski definition) is 1. The Morgan fingerprint density at radius 1 is 1.54 bits per heavy atom. The Hall–Kier alpha value is -1.51. The molecular formula is C10H16N2O. The van der Waals surface area contributed by atoms with Crippen molar-refractivity contribution in [2.24, 2.45) is 5.10 Å². The molecule has 72 valence electrons. The first-order chi connectivity index (χ1) is 6.26. The number of methoxy groups -OCH3 is 1. The molecule has 0 radical (unpaired) electrons. The lowest BCUT2D eigenvalue weighted by Gasteiger charge is -2.03. The normalized spacial score (nSPS) is 12.4. The summed E-state index contributed by atoms with van der Waals surface area (Å²) >= 11 is 0. The fourth-order valence-electron chi connectivity index (χ4n) is 0.696. The number of nitrogens with one attached hydrogen (secondary N) is 1. The van der Waals surface area contributed by atoms with E-state index in [4.69, 9.17) is 4.74 Å². The Bertz CT molecular complexity index is 239. The Kier molecular flexibility index (Phi) is 6.32. The van der Waals surface area contributed by atoms with Crippen molar-refractivity contribution in [2.45, 2.75) is 6.92 Å². The van der Waals surface area contributed by atoms with E-state index in [0.717, 1.165) is 5.57 Å². The van der Waals surface area contributed by atoms with Crippen LogP contribution in [-0.4, -0.2) is 20.4 Å². The van der Waals surface area contributed by atoms with Gasteiger partial charge in [-0.2, -0.15) is 5.10 Å². The molecule has 0 aromatic heterocycles. The van der Waals surface area contributed by atoms with Gasteiger partial charge in [-0.1, -0.05) is 18.7 Å². The molecule has 0 fully saturated rings. The van der Waals surface area contributed by atoms with E-state index in [2.05, 4.69) is 17.1 Å². The third kappa shape index (κ3) is 4.85. The number of hydrogen-bond acceptors (Lipinski definition) is 3. The molecule has 0 aliphatic carbocycles. The van der Waals surface area contributed by atoms with Gasteiger partial charge in [0.05, 0.1) is 13.3 Å². The quantitative estimate of drug-likeness (QED) is 0.303. The third-order valence-corrected chi connectivity index (χ3v) is 1.33. The fourth-order valence-corrected chi connectivity index (χ4v) is 0.696. The number of rotatable bonds is 5. The minimum atomic E-state index is 0.706. The van der Waals surface area contributed by atoms with Crippen LogP contribution in [-0.2, 0) is 4.74 Å². The average molecular weight is 180 g/mol. The van der Waals surface area contributed by atoms with Crippen molar-refractivity contribution in [2.75, 3.05) is 14.2 Å². The number of allylic oxidation sites excluding steroid dienone is 4. The molecule has 13 heavy (non-hydrogen) atoms. The second kappa shape index (κ2) is 7.16. The van der Waals surface area contributed by atoms with E-state index in [1.54, 1.807) is 20.4 Å². The summed E-state index contributed by atoms with van der Waals surface area (Å²) in [5, 5.41) is 3.83. The zero-order chi connectivity index (χ0) is 10.1. The zero-order valence-corrected chi connectivity index (χ0v) is 8.37. The molecule has 3 nitrogen and oxygen atoms in total. The van der Waals surface area contributed by atoms with Gasteiger partial charge >= 0.3 is 0 Å². The van der Waals surface area contributed by atoms with Crippen molar-refractivity contribution in [1.82, 2.24) is 5.43 Å². The number of hydrazone groups is 1. The van der Waals surface area contributed by atoms with Crippen molar-refractivity contribution < 1.29 is 4.74 Å². The maximum Gasteiger partial charge on any atom is 0.127 e. The van der Waals surface area contributed by atoms with Gasteiger partial charge in [0.1, 0.15) is 5.76 Å².